The van der Waals surface area contributed by atoms with Crippen LogP contribution < -0.4 is 5.73 Å². The molecule has 1 aromatic carbocycles. The number of hydrogen-bond donors (Lipinski definition) is 3. The van der Waals surface area contributed by atoms with E-state index in [4.69, 9.17) is 10.8 Å². The zero-order valence-corrected chi connectivity index (χ0v) is 9.34. The third-order valence-corrected chi connectivity index (χ3v) is 2.49. The van der Waals surface area contributed by atoms with Gasteiger partial charge in [0.25, 0.3) is 0 Å². The maximum atomic E-state index is 10.6. The maximum Gasteiger partial charge on any atom is 0.325 e. The highest BCUT2D eigenvalue weighted by Gasteiger charge is 2.23. The molecule has 0 aliphatic carbocycles. The number of halogens is 1. The molecule has 1 rings (SSSR count). The van der Waals surface area contributed by atoms with Crippen molar-refractivity contribution in [1.82, 2.24) is 0 Å². The first-order valence-corrected chi connectivity index (χ1v) is 4.79. The number of carboxylic acid groups (broad SMARTS) is 1. The Balaban J connectivity index is 3.34. The van der Waals surface area contributed by atoms with Crippen LogP contribution in [0.2, 0.25) is 0 Å². The predicted octanol–water partition coefficient (Wildman–Crippen LogP) is 1.15. The highest BCUT2D eigenvalue weighted by atomic mass is 79.9. The van der Waals surface area contributed by atoms with Crippen molar-refractivity contribution < 1.29 is 19.9 Å². The number of nitrogens with two attached hydrogens (primary N) is 1. The molecule has 16 heavy (non-hydrogen) atoms. The van der Waals surface area contributed by atoms with Gasteiger partial charge in [-0.1, -0.05) is 0 Å². The molecule has 0 saturated heterocycles. The first-order valence-electron chi connectivity index (χ1n) is 3.99. The Labute approximate surface area is 97.8 Å². The second-order valence-corrected chi connectivity index (χ2v) is 3.80. The number of nitrogens with zero attached hydrogens (tertiary/aromatic N) is 1. The molecule has 1 unspecified atom stereocenters. The number of phenols is 1. The van der Waals surface area contributed by atoms with Crippen LogP contribution in [0.4, 0.5) is 5.69 Å². The molecule has 0 heterocycles. The molecule has 0 aliphatic heterocycles. The Hall–Kier alpha value is -1.67. The smallest absolute Gasteiger partial charge is 0.325 e. The van der Waals surface area contributed by atoms with Gasteiger partial charge in [0, 0.05) is 6.07 Å². The fraction of sp³-hybridized carbons (Fsp3) is 0.125. The molecular weight excluding hydrogens is 284 g/mol. The van der Waals surface area contributed by atoms with Gasteiger partial charge in [0.15, 0.2) is 0 Å². The molecule has 0 spiro atoms. The summed E-state index contributed by atoms with van der Waals surface area (Å²) in [5, 5.41) is 28.5. The third kappa shape index (κ3) is 2.28. The topological polar surface area (TPSA) is 127 Å². The average molecular weight is 291 g/mol. The number of nitro groups is 1. The number of benzene rings is 1. The third-order valence-electron chi connectivity index (χ3n) is 1.89. The second kappa shape index (κ2) is 4.45. The van der Waals surface area contributed by atoms with Gasteiger partial charge in [0.2, 0.25) is 5.75 Å². The SMILES string of the molecule is NC(C(=O)O)c1cc(Br)c(O)c([N+](=O)[O-])c1. The number of rotatable bonds is 3. The molecule has 0 amide bonds. The molecule has 0 aliphatic rings. The number of aromatic hydroxyl groups is 1. The van der Waals surface area contributed by atoms with Crippen LogP contribution in [-0.4, -0.2) is 21.1 Å². The van der Waals surface area contributed by atoms with Gasteiger partial charge >= 0.3 is 11.7 Å². The molecule has 7 nitrogen and oxygen atoms in total. The van der Waals surface area contributed by atoms with E-state index < -0.39 is 28.4 Å². The Morgan fingerprint density at radius 3 is 2.56 bits per heavy atom. The molecule has 0 radical (unpaired) electrons. The molecule has 8 heteroatoms. The zero-order valence-electron chi connectivity index (χ0n) is 7.75. The van der Waals surface area contributed by atoms with Gasteiger partial charge in [0.1, 0.15) is 6.04 Å². The van der Waals surface area contributed by atoms with Crippen molar-refractivity contribution in [3.05, 3.63) is 32.3 Å². The van der Waals surface area contributed by atoms with Gasteiger partial charge in [-0.15, -0.1) is 0 Å². The zero-order chi connectivity index (χ0) is 12.5. The van der Waals surface area contributed by atoms with Gasteiger partial charge in [-0.3, -0.25) is 14.9 Å². The van der Waals surface area contributed by atoms with Gasteiger partial charge in [0.05, 0.1) is 9.40 Å². The van der Waals surface area contributed by atoms with E-state index in [1.165, 1.54) is 6.07 Å². The predicted molar refractivity (Wildman–Crippen MR) is 57.0 cm³/mol. The van der Waals surface area contributed by atoms with Crippen LogP contribution in [0.1, 0.15) is 11.6 Å². The summed E-state index contributed by atoms with van der Waals surface area (Å²) in [7, 11) is 0. The van der Waals surface area contributed by atoms with Crippen molar-refractivity contribution in [1.29, 1.82) is 0 Å². The molecule has 4 N–H and O–H groups in total. The van der Waals surface area contributed by atoms with Crippen molar-refractivity contribution in [2.45, 2.75) is 6.04 Å². The normalized spacial score (nSPS) is 12.1. The average Bonchev–Trinajstić information content (AvgIpc) is 2.20. The molecule has 0 aromatic heterocycles. The molecule has 0 fully saturated rings. The summed E-state index contributed by atoms with van der Waals surface area (Å²) in [5.41, 5.74) is 4.74. The molecule has 0 bridgehead atoms. The Morgan fingerprint density at radius 2 is 2.12 bits per heavy atom. The fourth-order valence-corrected chi connectivity index (χ4v) is 1.53. The van der Waals surface area contributed by atoms with E-state index in [2.05, 4.69) is 15.9 Å². The van der Waals surface area contributed by atoms with Crippen molar-refractivity contribution >= 4 is 27.6 Å². The number of carboxylic acids is 1. The lowest BCUT2D eigenvalue weighted by molar-refractivity contribution is -0.386. The van der Waals surface area contributed by atoms with E-state index in [0.717, 1.165) is 6.07 Å². The van der Waals surface area contributed by atoms with Crippen LogP contribution in [0.3, 0.4) is 0 Å². The van der Waals surface area contributed by atoms with Crippen molar-refractivity contribution in [2.75, 3.05) is 0 Å². The minimum absolute atomic E-state index is 0.0217. The standard InChI is InChI=1S/C8H7BrN2O5/c9-4-1-3(6(10)8(13)14)2-5(7(4)12)11(15)16/h1-2,6,12H,10H2,(H,13,14). The molecule has 0 saturated carbocycles. The first kappa shape index (κ1) is 12.4. The molecular formula is C8H7BrN2O5. The van der Waals surface area contributed by atoms with E-state index in [-0.39, 0.29) is 10.0 Å². The fourth-order valence-electron chi connectivity index (χ4n) is 1.07. The Kier molecular flexibility index (Phi) is 3.45. The highest BCUT2D eigenvalue weighted by molar-refractivity contribution is 9.10. The lowest BCUT2D eigenvalue weighted by Gasteiger charge is -2.08. The van der Waals surface area contributed by atoms with Crippen LogP contribution in [-0.2, 0) is 4.79 Å². The summed E-state index contributed by atoms with van der Waals surface area (Å²) in [5.74, 6) is -1.88. The van der Waals surface area contributed by atoms with Gasteiger partial charge in [-0.2, -0.15) is 0 Å². The van der Waals surface area contributed by atoms with Crippen molar-refractivity contribution in [3.63, 3.8) is 0 Å². The Bertz CT molecular complexity index is 462. The van der Waals surface area contributed by atoms with E-state index in [1.54, 1.807) is 0 Å². The number of phenolic OH excluding ortho intramolecular Hbond substituents is 1. The van der Waals surface area contributed by atoms with Gasteiger partial charge in [-0.25, -0.2) is 0 Å². The minimum atomic E-state index is -1.38. The van der Waals surface area contributed by atoms with Crippen LogP contribution in [0, 0.1) is 10.1 Å². The monoisotopic (exact) mass is 290 g/mol. The number of carbonyl (C=O) groups is 1. The first-order chi connectivity index (χ1) is 7.34. The van der Waals surface area contributed by atoms with Crippen molar-refractivity contribution in [2.24, 2.45) is 5.73 Å². The van der Waals surface area contributed by atoms with E-state index in [9.17, 15) is 20.0 Å². The summed E-state index contributed by atoms with van der Waals surface area (Å²) in [6, 6.07) is 0.774. The highest BCUT2D eigenvalue weighted by Crippen LogP contribution is 2.36. The summed E-state index contributed by atoms with van der Waals surface area (Å²) < 4.78 is 0.0217. The van der Waals surface area contributed by atoms with E-state index in [0.29, 0.717) is 0 Å². The van der Waals surface area contributed by atoms with Crippen molar-refractivity contribution in [3.8, 4) is 5.75 Å². The van der Waals surface area contributed by atoms with Gasteiger partial charge < -0.3 is 15.9 Å². The van der Waals surface area contributed by atoms with E-state index >= 15 is 0 Å². The molecule has 1 aromatic rings. The second-order valence-electron chi connectivity index (χ2n) is 2.94. The van der Waals surface area contributed by atoms with Crippen LogP contribution in [0.5, 0.6) is 5.75 Å². The molecule has 86 valence electrons. The lowest BCUT2D eigenvalue weighted by atomic mass is 10.1. The largest absolute Gasteiger partial charge is 0.501 e. The van der Waals surface area contributed by atoms with Crippen LogP contribution in [0.25, 0.3) is 0 Å². The number of hydrogen-bond acceptors (Lipinski definition) is 5. The quantitative estimate of drug-likeness (QED) is 0.566. The van der Waals surface area contributed by atoms with E-state index in [1.807, 2.05) is 0 Å². The van der Waals surface area contributed by atoms with Gasteiger partial charge in [-0.05, 0) is 27.6 Å². The molecule has 1 atom stereocenters. The number of aliphatic carboxylic acids is 1. The summed E-state index contributed by atoms with van der Waals surface area (Å²) in [6.45, 7) is 0. The maximum absolute atomic E-state index is 10.6. The van der Waals surface area contributed by atoms with Crippen LogP contribution >= 0.6 is 15.9 Å². The summed E-state index contributed by atoms with van der Waals surface area (Å²) in [6.07, 6.45) is 0. The summed E-state index contributed by atoms with van der Waals surface area (Å²) in [4.78, 5) is 20.3. The number of nitro benzene ring substituents is 1. The summed E-state index contributed by atoms with van der Waals surface area (Å²) >= 11 is 2.88. The van der Waals surface area contributed by atoms with Crippen LogP contribution in [0.15, 0.2) is 16.6 Å². The minimum Gasteiger partial charge on any atom is -0.501 e. The Morgan fingerprint density at radius 1 is 1.56 bits per heavy atom. The lowest BCUT2D eigenvalue weighted by Crippen LogP contribution is -2.20.